The maximum Gasteiger partial charge on any atom is 0.223 e. The number of hydrogen-bond acceptors (Lipinski definition) is 3. The molecule has 1 aromatic rings. The molecular weight excluding hydrogens is 268 g/mol. The fourth-order valence-electron chi connectivity index (χ4n) is 2.60. The summed E-state index contributed by atoms with van der Waals surface area (Å²) in [5.41, 5.74) is 10.8. The Morgan fingerprint density at radius 3 is 2.95 bits per heavy atom. The molecule has 0 saturated heterocycles. The van der Waals surface area contributed by atoms with Crippen molar-refractivity contribution < 1.29 is 9.59 Å². The van der Waals surface area contributed by atoms with E-state index in [-0.39, 0.29) is 11.7 Å². The number of azide groups is 1. The van der Waals surface area contributed by atoms with Crippen LogP contribution in [-0.4, -0.2) is 24.8 Å². The Bertz CT molecular complexity index is 606. The molecule has 1 aliphatic heterocycles. The van der Waals surface area contributed by atoms with Crippen LogP contribution in [0.4, 0.5) is 5.69 Å². The van der Waals surface area contributed by atoms with E-state index < -0.39 is 0 Å². The lowest BCUT2D eigenvalue weighted by atomic mass is 9.96. The molecule has 2 rings (SSSR count). The third-order valence-corrected chi connectivity index (χ3v) is 3.63. The van der Waals surface area contributed by atoms with Gasteiger partial charge in [0, 0.05) is 42.6 Å². The normalized spacial score (nSPS) is 13.3. The van der Waals surface area contributed by atoms with E-state index in [1.54, 1.807) is 17.9 Å². The highest BCUT2D eigenvalue weighted by Crippen LogP contribution is 2.28. The zero-order valence-corrected chi connectivity index (χ0v) is 12.1. The molecule has 0 spiro atoms. The van der Waals surface area contributed by atoms with Gasteiger partial charge >= 0.3 is 0 Å². The van der Waals surface area contributed by atoms with E-state index in [9.17, 15) is 9.59 Å². The molecule has 0 aliphatic carbocycles. The molecule has 6 heteroatoms. The Kier molecular flexibility index (Phi) is 4.95. The van der Waals surface area contributed by atoms with Crippen molar-refractivity contribution in [1.82, 2.24) is 0 Å². The average molecular weight is 286 g/mol. The van der Waals surface area contributed by atoms with Crippen LogP contribution in [0.25, 0.3) is 10.4 Å². The summed E-state index contributed by atoms with van der Waals surface area (Å²) in [5, 5.41) is 3.42. The van der Waals surface area contributed by atoms with Gasteiger partial charge in [0.05, 0.1) is 0 Å². The van der Waals surface area contributed by atoms with Gasteiger partial charge in [0.15, 0.2) is 5.78 Å². The minimum Gasteiger partial charge on any atom is -0.312 e. The van der Waals surface area contributed by atoms with Gasteiger partial charge in [-0.25, -0.2) is 0 Å². The first-order chi connectivity index (χ1) is 10.1. The zero-order valence-electron chi connectivity index (χ0n) is 12.1. The van der Waals surface area contributed by atoms with Gasteiger partial charge in [0.2, 0.25) is 5.91 Å². The summed E-state index contributed by atoms with van der Waals surface area (Å²) in [7, 11) is 0. The summed E-state index contributed by atoms with van der Waals surface area (Å²) < 4.78 is 0. The molecule has 0 saturated carbocycles. The molecule has 0 unspecified atom stereocenters. The third kappa shape index (κ3) is 3.61. The van der Waals surface area contributed by atoms with Crippen LogP contribution in [0.5, 0.6) is 0 Å². The second-order valence-corrected chi connectivity index (χ2v) is 5.10. The second-order valence-electron chi connectivity index (χ2n) is 5.10. The van der Waals surface area contributed by atoms with Gasteiger partial charge in [-0.15, -0.1) is 0 Å². The van der Waals surface area contributed by atoms with E-state index in [1.807, 2.05) is 12.1 Å². The number of carbonyl (C=O) groups is 2. The van der Waals surface area contributed by atoms with Gasteiger partial charge in [0.1, 0.15) is 0 Å². The quantitative estimate of drug-likeness (QED) is 0.273. The van der Waals surface area contributed by atoms with E-state index in [0.29, 0.717) is 24.9 Å². The standard InChI is InChI=1S/C15H18N4O2/c1-11(20)19-9-3-4-12-10-13(6-7-14(12)19)15(21)5-2-8-17-18-16/h6-7,10H,2-5,8-9H2,1H3. The van der Waals surface area contributed by atoms with Crippen LogP contribution >= 0.6 is 0 Å². The molecule has 0 fully saturated rings. The monoisotopic (exact) mass is 286 g/mol. The fourth-order valence-corrected chi connectivity index (χ4v) is 2.60. The molecule has 0 N–H and O–H groups in total. The first-order valence-corrected chi connectivity index (χ1v) is 7.08. The molecule has 1 aliphatic rings. The third-order valence-electron chi connectivity index (χ3n) is 3.63. The minimum atomic E-state index is 0.0318. The lowest BCUT2D eigenvalue weighted by Gasteiger charge is -2.28. The van der Waals surface area contributed by atoms with Gasteiger partial charge in [-0.2, -0.15) is 0 Å². The SMILES string of the molecule is CC(=O)N1CCCc2cc(C(=O)CCCN=[N+]=[N-])ccc21. The number of rotatable bonds is 5. The van der Waals surface area contributed by atoms with Crippen LogP contribution in [0, 0.1) is 0 Å². The molecule has 0 atom stereocenters. The number of ketones is 1. The topological polar surface area (TPSA) is 86.1 Å². The number of benzene rings is 1. The summed E-state index contributed by atoms with van der Waals surface area (Å²) in [6, 6.07) is 5.52. The largest absolute Gasteiger partial charge is 0.312 e. The number of anilines is 1. The smallest absolute Gasteiger partial charge is 0.223 e. The molecule has 1 heterocycles. The molecule has 0 radical (unpaired) electrons. The number of hydrogen-bond donors (Lipinski definition) is 0. The van der Waals surface area contributed by atoms with Crippen LogP contribution < -0.4 is 4.90 Å². The number of carbonyl (C=O) groups excluding carboxylic acids is 2. The average Bonchev–Trinajstić information content (AvgIpc) is 2.50. The van der Waals surface area contributed by atoms with Gasteiger partial charge in [0.25, 0.3) is 0 Å². The number of fused-ring (bicyclic) bond motifs is 1. The Balaban J connectivity index is 2.11. The van der Waals surface area contributed by atoms with Crippen LogP contribution in [-0.2, 0) is 11.2 Å². The summed E-state index contributed by atoms with van der Waals surface area (Å²) in [6.45, 7) is 2.64. The minimum absolute atomic E-state index is 0.0318. The molecule has 1 amide bonds. The van der Waals surface area contributed by atoms with Crippen molar-refractivity contribution in [3.8, 4) is 0 Å². The van der Waals surface area contributed by atoms with Crippen LogP contribution in [0.15, 0.2) is 23.3 Å². The summed E-state index contributed by atoms with van der Waals surface area (Å²) in [5.74, 6) is 0.0790. The van der Waals surface area contributed by atoms with E-state index in [4.69, 9.17) is 5.53 Å². The molecule has 0 aromatic heterocycles. The summed E-state index contributed by atoms with van der Waals surface area (Å²) in [6.07, 6.45) is 2.73. The Hall–Kier alpha value is -2.33. The maximum atomic E-state index is 12.1. The van der Waals surface area contributed by atoms with E-state index in [1.165, 1.54) is 0 Å². The molecule has 6 nitrogen and oxygen atoms in total. The number of aryl methyl sites for hydroxylation is 1. The number of Topliss-reactive ketones (excluding diaryl/α,β-unsaturated/α-hetero) is 1. The predicted octanol–water partition coefficient (Wildman–Crippen LogP) is 3.26. The van der Waals surface area contributed by atoms with Crippen LogP contribution in [0.1, 0.15) is 42.1 Å². The molecular formula is C15H18N4O2. The van der Waals surface area contributed by atoms with Crippen LogP contribution in [0.3, 0.4) is 0 Å². The Morgan fingerprint density at radius 1 is 1.43 bits per heavy atom. The molecule has 0 bridgehead atoms. The predicted molar refractivity (Wildman–Crippen MR) is 80.4 cm³/mol. The fraction of sp³-hybridized carbons (Fsp3) is 0.467. The molecule has 110 valence electrons. The highest BCUT2D eigenvalue weighted by molar-refractivity contribution is 5.98. The highest BCUT2D eigenvalue weighted by Gasteiger charge is 2.20. The molecule has 21 heavy (non-hydrogen) atoms. The Labute approximate surface area is 123 Å². The maximum absolute atomic E-state index is 12.1. The van der Waals surface area contributed by atoms with Gasteiger partial charge < -0.3 is 4.90 Å². The van der Waals surface area contributed by atoms with E-state index in [2.05, 4.69) is 10.0 Å². The summed E-state index contributed by atoms with van der Waals surface area (Å²) >= 11 is 0. The van der Waals surface area contributed by atoms with Crippen molar-refractivity contribution in [3.63, 3.8) is 0 Å². The summed E-state index contributed by atoms with van der Waals surface area (Å²) in [4.78, 5) is 28.1. The second kappa shape index (κ2) is 6.90. The lowest BCUT2D eigenvalue weighted by Crippen LogP contribution is -2.33. The van der Waals surface area contributed by atoms with E-state index in [0.717, 1.165) is 30.6 Å². The number of amides is 1. The first-order valence-electron chi connectivity index (χ1n) is 7.08. The van der Waals surface area contributed by atoms with Crippen LogP contribution in [0.2, 0.25) is 0 Å². The number of nitrogens with zero attached hydrogens (tertiary/aromatic N) is 4. The van der Waals surface area contributed by atoms with Crippen molar-refractivity contribution in [1.29, 1.82) is 0 Å². The lowest BCUT2D eigenvalue weighted by molar-refractivity contribution is -0.116. The van der Waals surface area contributed by atoms with Gasteiger partial charge in [-0.1, -0.05) is 5.11 Å². The first kappa shape index (κ1) is 15.1. The van der Waals surface area contributed by atoms with Crippen molar-refractivity contribution in [2.24, 2.45) is 5.11 Å². The van der Waals surface area contributed by atoms with Gasteiger partial charge in [-0.05, 0) is 48.6 Å². The molecule has 1 aromatic carbocycles. The van der Waals surface area contributed by atoms with Crippen molar-refractivity contribution in [3.05, 3.63) is 39.8 Å². The highest BCUT2D eigenvalue weighted by atomic mass is 16.2. The van der Waals surface area contributed by atoms with Gasteiger partial charge in [-0.3, -0.25) is 9.59 Å². The Morgan fingerprint density at radius 2 is 2.24 bits per heavy atom. The van der Waals surface area contributed by atoms with Crippen molar-refractivity contribution >= 4 is 17.4 Å². The van der Waals surface area contributed by atoms with Crippen molar-refractivity contribution in [2.75, 3.05) is 18.0 Å². The zero-order chi connectivity index (χ0) is 15.2. The van der Waals surface area contributed by atoms with E-state index >= 15 is 0 Å². The van der Waals surface area contributed by atoms with Crippen molar-refractivity contribution in [2.45, 2.75) is 32.6 Å².